The third kappa shape index (κ3) is 3.84. The van der Waals surface area contributed by atoms with Gasteiger partial charge in [0.25, 0.3) is 17.7 Å². The maximum Gasteiger partial charge on any atom is 0.274 e. The Bertz CT molecular complexity index is 1130. The van der Waals surface area contributed by atoms with Crippen LogP contribution in [0.2, 0.25) is 5.02 Å². The number of carbonyl (C=O) groups excluding carboxylic acids is 4. The van der Waals surface area contributed by atoms with Gasteiger partial charge in [-0.1, -0.05) is 42.8 Å². The molecule has 0 saturated carbocycles. The number of fused-ring (bicyclic) bond motifs is 1. The Labute approximate surface area is 189 Å². The quantitative estimate of drug-likeness (QED) is 0.390. The monoisotopic (exact) mass is 454 g/mol. The van der Waals surface area contributed by atoms with Crippen molar-refractivity contribution >= 4 is 35.1 Å². The van der Waals surface area contributed by atoms with E-state index >= 15 is 0 Å². The van der Waals surface area contributed by atoms with Crippen LogP contribution in [0.1, 0.15) is 34.1 Å². The van der Waals surface area contributed by atoms with Gasteiger partial charge in [0.1, 0.15) is 12.4 Å². The molecule has 0 radical (unpaired) electrons. The van der Waals surface area contributed by atoms with Crippen LogP contribution in [0.15, 0.2) is 60.7 Å². The van der Waals surface area contributed by atoms with Crippen molar-refractivity contribution in [2.75, 3.05) is 6.54 Å². The average molecular weight is 455 g/mol. The van der Waals surface area contributed by atoms with E-state index in [1.165, 1.54) is 24.3 Å². The number of benzene rings is 2. The van der Waals surface area contributed by atoms with Crippen LogP contribution in [0.3, 0.4) is 0 Å². The van der Waals surface area contributed by atoms with E-state index in [1.54, 1.807) is 12.1 Å². The number of amides is 3. The number of allylic oxidation sites excluding steroid dienone is 2. The molecule has 4 rings (SSSR count). The molecule has 8 heteroatoms. The zero-order chi connectivity index (χ0) is 23.0. The largest absolute Gasteiger partial charge is 0.292 e. The number of nitrogens with zero attached hydrogens (tertiary/aromatic N) is 2. The van der Waals surface area contributed by atoms with Crippen LogP contribution in [-0.4, -0.2) is 40.1 Å². The molecule has 2 aromatic carbocycles. The molecule has 1 heterocycles. The lowest BCUT2D eigenvalue weighted by molar-refractivity contribution is -0.154. The van der Waals surface area contributed by atoms with Crippen molar-refractivity contribution in [2.24, 2.45) is 17.8 Å². The van der Waals surface area contributed by atoms with Gasteiger partial charge in [0.15, 0.2) is 5.78 Å². The van der Waals surface area contributed by atoms with Crippen LogP contribution in [0.5, 0.6) is 0 Å². The molecule has 1 fully saturated rings. The average Bonchev–Trinajstić information content (AvgIpc) is 3.03. The van der Waals surface area contributed by atoms with E-state index in [2.05, 4.69) is 0 Å². The lowest BCUT2D eigenvalue weighted by Crippen LogP contribution is -2.52. The fourth-order valence-corrected chi connectivity index (χ4v) is 4.46. The normalized spacial score (nSPS) is 22.1. The van der Waals surface area contributed by atoms with Crippen molar-refractivity contribution in [3.63, 3.8) is 0 Å². The molecule has 164 valence electrons. The van der Waals surface area contributed by atoms with Gasteiger partial charge in [-0.05, 0) is 48.7 Å². The number of rotatable bonds is 5. The SMILES string of the molecule is C[C@@H]1C=CC[C@@H]2C(=O)N(N(CC(=O)c3ccc(F)cc3)C(=O)c3ccccc3Cl)C(=O)[C@H]12. The van der Waals surface area contributed by atoms with Gasteiger partial charge in [0.05, 0.1) is 22.4 Å². The molecule has 3 atom stereocenters. The Hall–Kier alpha value is -3.32. The highest BCUT2D eigenvalue weighted by molar-refractivity contribution is 6.34. The number of ketones is 1. The minimum atomic E-state index is -0.743. The van der Waals surface area contributed by atoms with E-state index in [-0.39, 0.29) is 22.1 Å². The van der Waals surface area contributed by atoms with Gasteiger partial charge < -0.3 is 0 Å². The highest BCUT2D eigenvalue weighted by Crippen LogP contribution is 2.39. The molecule has 1 saturated heterocycles. The van der Waals surface area contributed by atoms with Crippen molar-refractivity contribution in [1.82, 2.24) is 10.0 Å². The first-order chi connectivity index (χ1) is 15.3. The van der Waals surface area contributed by atoms with E-state index in [1.807, 2.05) is 19.1 Å². The van der Waals surface area contributed by atoms with Crippen LogP contribution in [0, 0.1) is 23.6 Å². The summed E-state index contributed by atoms with van der Waals surface area (Å²) in [5.74, 6) is -4.23. The molecule has 0 spiro atoms. The Morgan fingerprint density at radius 3 is 2.44 bits per heavy atom. The summed E-state index contributed by atoms with van der Waals surface area (Å²) in [5.41, 5.74) is 0.206. The summed E-state index contributed by atoms with van der Waals surface area (Å²) in [6.45, 7) is 1.26. The Morgan fingerprint density at radius 2 is 1.78 bits per heavy atom. The predicted molar refractivity (Wildman–Crippen MR) is 115 cm³/mol. The van der Waals surface area contributed by atoms with Crippen molar-refractivity contribution in [2.45, 2.75) is 13.3 Å². The van der Waals surface area contributed by atoms with Gasteiger partial charge in [-0.15, -0.1) is 0 Å². The zero-order valence-corrected chi connectivity index (χ0v) is 18.0. The summed E-state index contributed by atoms with van der Waals surface area (Å²) < 4.78 is 13.3. The van der Waals surface area contributed by atoms with E-state index < -0.39 is 47.7 Å². The second kappa shape index (κ2) is 8.67. The minimum absolute atomic E-state index is 0.0581. The smallest absolute Gasteiger partial charge is 0.274 e. The van der Waals surface area contributed by atoms with Crippen LogP contribution in [-0.2, 0) is 9.59 Å². The summed E-state index contributed by atoms with van der Waals surface area (Å²) in [4.78, 5) is 52.8. The standard InChI is InChI=1S/C24H20ClFN2O4/c1-14-5-4-7-18-21(14)24(32)28(23(18)31)27(22(30)17-6-2-3-8-19(17)25)13-20(29)15-9-11-16(26)12-10-15/h2-6,8-12,14,18,21H,7,13H2,1H3/t14-,18+,21-/m1/s1. The summed E-state index contributed by atoms with van der Waals surface area (Å²) in [7, 11) is 0. The Kier molecular flexibility index (Phi) is 5.93. The second-order valence-corrected chi connectivity index (χ2v) is 8.32. The van der Waals surface area contributed by atoms with Gasteiger partial charge in [0, 0.05) is 5.56 Å². The Morgan fingerprint density at radius 1 is 1.09 bits per heavy atom. The van der Waals surface area contributed by atoms with Gasteiger partial charge in [-0.2, -0.15) is 5.01 Å². The summed E-state index contributed by atoms with van der Waals surface area (Å²) in [5, 5.41) is 1.79. The molecule has 2 aliphatic rings. The lowest BCUT2D eigenvalue weighted by Gasteiger charge is -2.30. The van der Waals surface area contributed by atoms with Crippen molar-refractivity contribution in [3.05, 3.63) is 82.6 Å². The van der Waals surface area contributed by atoms with E-state index in [9.17, 15) is 23.6 Å². The summed E-state index contributed by atoms with van der Waals surface area (Å²) in [6.07, 6.45) is 4.11. The minimum Gasteiger partial charge on any atom is -0.292 e. The van der Waals surface area contributed by atoms with Crippen molar-refractivity contribution in [3.8, 4) is 0 Å². The molecule has 2 aromatic rings. The third-order valence-corrected chi connectivity index (χ3v) is 6.22. The zero-order valence-electron chi connectivity index (χ0n) is 17.2. The highest BCUT2D eigenvalue weighted by atomic mass is 35.5. The number of Topliss-reactive ketones (excluding diaryl/α,β-unsaturated/α-hetero) is 1. The molecule has 3 amide bonds. The fourth-order valence-electron chi connectivity index (χ4n) is 4.24. The first kappa shape index (κ1) is 21.9. The van der Waals surface area contributed by atoms with Gasteiger partial charge in [0.2, 0.25) is 0 Å². The molecule has 32 heavy (non-hydrogen) atoms. The molecule has 0 unspecified atom stereocenters. The lowest BCUT2D eigenvalue weighted by atomic mass is 9.78. The molecule has 0 bridgehead atoms. The first-order valence-electron chi connectivity index (χ1n) is 10.2. The van der Waals surface area contributed by atoms with Gasteiger partial charge in [-0.3, -0.25) is 19.2 Å². The molecule has 6 nitrogen and oxygen atoms in total. The molecular formula is C24H20ClFN2O4. The number of imide groups is 1. The van der Waals surface area contributed by atoms with Crippen LogP contribution in [0.25, 0.3) is 0 Å². The van der Waals surface area contributed by atoms with Crippen LogP contribution >= 0.6 is 11.6 Å². The number of hydrazine groups is 1. The Balaban J connectivity index is 1.72. The molecular weight excluding hydrogens is 435 g/mol. The van der Waals surface area contributed by atoms with E-state index in [0.717, 1.165) is 22.2 Å². The topological polar surface area (TPSA) is 74.8 Å². The second-order valence-electron chi connectivity index (χ2n) is 7.92. The molecule has 0 aromatic heterocycles. The maximum atomic E-state index is 13.4. The van der Waals surface area contributed by atoms with E-state index in [4.69, 9.17) is 11.6 Å². The molecule has 1 aliphatic carbocycles. The predicted octanol–water partition coefficient (Wildman–Crippen LogP) is 3.92. The first-order valence-corrected chi connectivity index (χ1v) is 10.6. The molecule has 1 aliphatic heterocycles. The maximum absolute atomic E-state index is 13.4. The number of hydrogen-bond acceptors (Lipinski definition) is 4. The van der Waals surface area contributed by atoms with Gasteiger partial charge >= 0.3 is 0 Å². The van der Waals surface area contributed by atoms with E-state index in [0.29, 0.717) is 6.42 Å². The van der Waals surface area contributed by atoms with Gasteiger partial charge in [-0.25, -0.2) is 9.40 Å². The molecule has 0 N–H and O–H groups in total. The third-order valence-electron chi connectivity index (χ3n) is 5.89. The van der Waals surface area contributed by atoms with Crippen LogP contribution in [0.4, 0.5) is 4.39 Å². The summed E-state index contributed by atoms with van der Waals surface area (Å²) in [6, 6.07) is 11.0. The van der Waals surface area contributed by atoms with Crippen LogP contribution < -0.4 is 0 Å². The number of carbonyl (C=O) groups is 4. The van der Waals surface area contributed by atoms with Crippen molar-refractivity contribution < 1.29 is 23.6 Å². The highest BCUT2D eigenvalue weighted by Gasteiger charge is 2.53. The number of halogens is 2. The number of hydrogen-bond donors (Lipinski definition) is 0. The van der Waals surface area contributed by atoms with Crippen molar-refractivity contribution in [1.29, 1.82) is 0 Å². The summed E-state index contributed by atoms with van der Waals surface area (Å²) >= 11 is 6.19. The fraction of sp³-hybridized carbons (Fsp3) is 0.250.